The number of nitro groups is 1. The molecule has 1 unspecified atom stereocenters. The molecule has 0 heterocycles. The second-order valence-corrected chi connectivity index (χ2v) is 5.74. The van der Waals surface area contributed by atoms with Gasteiger partial charge in [0.05, 0.1) is 17.6 Å². The smallest absolute Gasteiger partial charge is 0.324 e. The van der Waals surface area contributed by atoms with Crippen molar-refractivity contribution in [3.8, 4) is 0 Å². The average Bonchev–Trinajstić information content (AvgIpc) is 2.42. The molecule has 118 valence electrons. The summed E-state index contributed by atoms with van der Waals surface area (Å²) in [6.45, 7) is -0.0371. The van der Waals surface area contributed by atoms with Gasteiger partial charge < -0.3 is 9.47 Å². The van der Waals surface area contributed by atoms with Crippen LogP contribution in [-0.4, -0.2) is 46.8 Å². The molecule has 10 heteroatoms. The third-order valence-electron chi connectivity index (χ3n) is 2.61. The van der Waals surface area contributed by atoms with Gasteiger partial charge in [0.2, 0.25) is 15.8 Å². The van der Waals surface area contributed by atoms with Gasteiger partial charge in [-0.2, -0.15) is 4.39 Å². The Morgan fingerprint density at radius 2 is 2.10 bits per heavy atom. The SMILES string of the molecule is COCC(CNS(=O)(=O)c1cccc(F)c1[N+](=O)[O-])OC. The number of methoxy groups -OCH3 is 2. The Labute approximate surface area is 121 Å². The molecule has 0 radical (unpaired) electrons. The van der Waals surface area contributed by atoms with Crippen molar-refractivity contribution in [2.45, 2.75) is 11.0 Å². The van der Waals surface area contributed by atoms with Crippen molar-refractivity contribution in [1.82, 2.24) is 4.72 Å². The first-order valence-corrected chi connectivity index (χ1v) is 7.26. The third-order valence-corrected chi connectivity index (χ3v) is 4.06. The Morgan fingerprint density at radius 3 is 2.62 bits per heavy atom. The van der Waals surface area contributed by atoms with E-state index in [4.69, 9.17) is 9.47 Å². The van der Waals surface area contributed by atoms with Gasteiger partial charge in [0.1, 0.15) is 0 Å². The number of sulfonamides is 1. The predicted octanol–water partition coefficient (Wildman–Crippen LogP) is 0.674. The molecule has 0 spiro atoms. The first-order chi connectivity index (χ1) is 9.83. The summed E-state index contributed by atoms with van der Waals surface area (Å²) in [5, 5.41) is 10.8. The number of nitro benzene ring substituents is 1. The van der Waals surface area contributed by atoms with Crippen LogP contribution in [-0.2, 0) is 19.5 Å². The summed E-state index contributed by atoms with van der Waals surface area (Å²) in [6, 6.07) is 2.86. The largest absolute Gasteiger partial charge is 0.382 e. The van der Waals surface area contributed by atoms with Crippen molar-refractivity contribution in [1.29, 1.82) is 0 Å². The van der Waals surface area contributed by atoms with E-state index in [1.165, 1.54) is 14.2 Å². The van der Waals surface area contributed by atoms with E-state index >= 15 is 0 Å². The molecule has 8 nitrogen and oxygen atoms in total. The molecule has 0 aromatic heterocycles. The van der Waals surface area contributed by atoms with E-state index in [0.717, 1.165) is 18.2 Å². The highest BCUT2D eigenvalue weighted by Crippen LogP contribution is 2.26. The lowest BCUT2D eigenvalue weighted by Crippen LogP contribution is -2.35. The van der Waals surface area contributed by atoms with Crippen LogP contribution in [0.1, 0.15) is 0 Å². The normalized spacial score (nSPS) is 13.1. The van der Waals surface area contributed by atoms with E-state index in [1.807, 2.05) is 0 Å². The molecule has 0 saturated heterocycles. The quantitative estimate of drug-likeness (QED) is 0.557. The van der Waals surface area contributed by atoms with E-state index < -0.39 is 37.5 Å². The number of para-hydroxylation sites is 1. The van der Waals surface area contributed by atoms with Crippen molar-refractivity contribution in [2.24, 2.45) is 0 Å². The summed E-state index contributed by atoms with van der Waals surface area (Å²) in [5.41, 5.74) is -1.09. The second kappa shape index (κ2) is 7.41. The van der Waals surface area contributed by atoms with E-state index in [9.17, 15) is 22.9 Å². The fraction of sp³-hybridized carbons (Fsp3) is 0.455. The molecular weight excluding hydrogens is 307 g/mol. The minimum atomic E-state index is -4.25. The lowest BCUT2D eigenvalue weighted by Gasteiger charge is -2.15. The van der Waals surface area contributed by atoms with Gasteiger partial charge in [-0.15, -0.1) is 0 Å². The van der Waals surface area contributed by atoms with Gasteiger partial charge in [-0.1, -0.05) is 6.07 Å². The van der Waals surface area contributed by atoms with Gasteiger partial charge in [-0.25, -0.2) is 13.1 Å². The highest BCUT2D eigenvalue weighted by molar-refractivity contribution is 7.89. The highest BCUT2D eigenvalue weighted by atomic mass is 32.2. The summed E-state index contributed by atoms with van der Waals surface area (Å²) >= 11 is 0. The van der Waals surface area contributed by atoms with Crippen LogP contribution in [0.4, 0.5) is 10.1 Å². The molecule has 1 N–H and O–H groups in total. The standard InChI is InChI=1S/C11H15FN2O6S/c1-19-7-8(20-2)6-13-21(17,18)10-5-3-4-9(12)11(10)14(15)16/h3-5,8,13H,6-7H2,1-2H3. The second-order valence-electron chi connectivity index (χ2n) is 4.01. The maximum atomic E-state index is 13.4. The number of halogens is 1. The van der Waals surface area contributed by atoms with Gasteiger partial charge in [0.25, 0.3) is 0 Å². The zero-order valence-electron chi connectivity index (χ0n) is 11.4. The van der Waals surface area contributed by atoms with Gasteiger partial charge in [-0.3, -0.25) is 10.1 Å². The number of hydrogen-bond donors (Lipinski definition) is 1. The number of rotatable bonds is 8. The third kappa shape index (κ3) is 4.43. The lowest BCUT2D eigenvalue weighted by atomic mass is 10.3. The van der Waals surface area contributed by atoms with Crippen molar-refractivity contribution in [3.05, 3.63) is 34.1 Å². The molecule has 0 aliphatic heterocycles. The fourth-order valence-corrected chi connectivity index (χ4v) is 2.81. The fourth-order valence-electron chi connectivity index (χ4n) is 1.57. The summed E-state index contributed by atoms with van der Waals surface area (Å²) in [4.78, 5) is 9.00. The zero-order chi connectivity index (χ0) is 16.0. The first kappa shape index (κ1) is 17.4. The number of nitrogens with one attached hydrogen (secondary N) is 1. The molecule has 0 amide bonds. The van der Waals surface area contributed by atoms with Crippen LogP contribution in [0.25, 0.3) is 0 Å². The molecular formula is C11H15FN2O6S. The predicted molar refractivity (Wildman–Crippen MR) is 70.9 cm³/mol. The number of ether oxygens (including phenoxy) is 2. The van der Waals surface area contributed by atoms with E-state index in [2.05, 4.69) is 4.72 Å². The van der Waals surface area contributed by atoms with Crippen molar-refractivity contribution in [3.63, 3.8) is 0 Å². The first-order valence-electron chi connectivity index (χ1n) is 5.77. The Morgan fingerprint density at radius 1 is 1.43 bits per heavy atom. The van der Waals surface area contributed by atoms with Crippen LogP contribution in [0.5, 0.6) is 0 Å². The summed E-state index contributed by atoms with van der Waals surface area (Å²) in [7, 11) is -1.47. The van der Waals surface area contributed by atoms with Gasteiger partial charge >= 0.3 is 5.69 Å². The number of benzene rings is 1. The molecule has 1 aromatic carbocycles. The molecule has 21 heavy (non-hydrogen) atoms. The van der Waals surface area contributed by atoms with E-state index in [1.54, 1.807) is 0 Å². The molecule has 0 fully saturated rings. The molecule has 1 atom stereocenters. The van der Waals surface area contributed by atoms with Crippen LogP contribution in [0, 0.1) is 15.9 Å². The Balaban J connectivity index is 3.04. The maximum absolute atomic E-state index is 13.4. The van der Waals surface area contributed by atoms with Crippen LogP contribution >= 0.6 is 0 Å². The molecule has 0 bridgehead atoms. The molecule has 0 aliphatic carbocycles. The van der Waals surface area contributed by atoms with Crippen LogP contribution in [0.3, 0.4) is 0 Å². The monoisotopic (exact) mass is 322 g/mol. The number of hydrogen-bond acceptors (Lipinski definition) is 6. The van der Waals surface area contributed by atoms with Gasteiger partial charge in [-0.05, 0) is 12.1 Å². The Bertz CT molecular complexity index is 607. The Hall–Kier alpha value is -1.62. The molecule has 1 aromatic rings. The summed E-state index contributed by atoms with van der Waals surface area (Å²) in [6.07, 6.45) is -0.572. The Kier molecular flexibility index (Phi) is 6.15. The van der Waals surface area contributed by atoms with Crippen molar-refractivity contribution < 1.29 is 27.2 Å². The topological polar surface area (TPSA) is 108 Å². The molecule has 1 rings (SSSR count). The average molecular weight is 322 g/mol. The highest BCUT2D eigenvalue weighted by Gasteiger charge is 2.29. The van der Waals surface area contributed by atoms with Crippen LogP contribution in [0.2, 0.25) is 0 Å². The molecule has 0 aliphatic rings. The van der Waals surface area contributed by atoms with Crippen molar-refractivity contribution in [2.75, 3.05) is 27.4 Å². The molecule has 0 saturated carbocycles. The van der Waals surface area contributed by atoms with Gasteiger partial charge in [0, 0.05) is 20.8 Å². The minimum absolute atomic E-state index is 0.129. The lowest BCUT2D eigenvalue weighted by molar-refractivity contribution is -0.390. The van der Waals surface area contributed by atoms with Gasteiger partial charge in [0.15, 0.2) is 4.90 Å². The maximum Gasteiger partial charge on any atom is 0.324 e. The summed E-state index contributed by atoms with van der Waals surface area (Å²) in [5.74, 6) is -1.22. The van der Waals surface area contributed by atoms with E-state index in [-0.39, 0.29) is 13.2 Å². The zero-order valence-corrected chi connectivity index (χ0v) is 12.2. The summed E-state index contributed by atoms with van der Waals surface area (Å²) < 4.78 is 49.5. The van der Waals surface area contributed by atoms with Crippen molar-refractivity contribution >= 4 is 15.7 Å². The van der Waals surface area contributed by atoms with E-state index in [0.29, 0.717) is 0 Å². The van der Waals surface area contributed by atoms with Crippen LogP contribution in [0.15, 0.2) is 23.1 Å². The van der Waals surface area contributed by atoms with Crippen LogP contribution < -0.4 is 4.72 Å². The minimum Gasteiger partial charge on any atom is -0.382 e. The number of nitrogens with zero attached hydrogens (tertiary/aromatic N) is 1.